The van der Waals surface area contributed by atoms with Gasteiger partial charge in [0.25, 0.3) is 5.56 Å². The molecule has 0 spiro atoms. The summed E-state index contributed by atoms with van der Waals surface area (Å²) in [5.41, 5.74) is 2.78. The second-order valence-electron chi connectivity index (χ2n) is 7.65. The first-order valence-electron chi connectivity index (χ1n) is 9.82. The smallest absolute Gasteiger partial charge is 0.264 e. The summed E-state index contributed by atoms with van der Waals surface area (Å²) < 4.78 is 28.4. The molecule has 3 aromatic rings. The van der Waals surface area contributed by atoms with Crippen LogP contribution in [0.4, 0.5) is 0 Å². The molecular weight excluding hydrogens is 420 g/mol. The second-order valence-corrected chi connectivity index (χ2v) is 10.7. The van der Waals surface area contributed by atoms with E-state index in [9.17, 15) is 13.2 Å². The Morgan fingerprint density at radius 1 is 1.17 bits per heavy atom. The highest BCUT2D eigenvalue weighted by Gasteiger charge is 2.25. The molecule has 0 radical (unpaired) electrons. The maximum absolute atomic E-state index is 12.7. The fraction of sp³-hybridized carbons (Fsp3) is 0.333. The van der Waals surface area contributed by atoms with Crippen molar-refractivity contribution in [1.82, 2.24) is 19.8 Å². The lowest BCUT2D eigenvalue weighted by atomic mass is 10.1. The van der Waals surface area contributed by atoms with Crippen LogP contribution in [0.15, 0.2) is 57.5 Å². The Hall–Kier alpha value is -2.33. The number of aromatic nitrogens is 2. The lowest BCUT2D eigenvalue weighted by Crippen LogP contribution is -2.30. The summed E-state index contributed by atoms with van der Waals surface area (Å²) in [7, 11) is -3.57. The number of benzene rings is 1. The monoisotopic (exact) mass is 444 g/mol. The zero-order valence-corrected chi connectivity index (χ0v) is 18.3. The molecule has 1 fully saturated rings. The second kappa shape index (κ2) is 8.81. The lowest BCUT2D eigenvalue weighted by molar-refractivity contribution is 0.316. The molecule has 2 N–H and O–H groups in total. The van der Waals surface area contributed by atoms with Gasteiger partial charge in [0.1, 0.15) is 9.90 Å². The molecule has 7 nitrogen and oxygen atoms in total. The van der Waals surface area contributed by atoms with Crippen molar-refractivity contribution in [2.24, 2.45) is 5.92 Å². The van der Waals surface area contributed by atoms with Gasteiger partial charge in [0.15, 0.2) is 0 Å². The highest BCUT2D eigenvalue weighted by Crippen LogP contribution is 2.29. The third kappa shape index (κ3) is 5.04. The summed E-state index contributed by atoms with van der Waals surface area (Å²) in [6, 6.07) is 14.8. The first-order valence-corrected chi connectivity index (χ1v) is 12.1. The molecule has 158 valence electrons. The Bertz CT molecular complexity index is 1150. The minimum Gasteiger partial charge on any atom is -0.299 e. The van der Waals surface area contributed by atoms with Gasteiger partial charge in [-0.15, -0.1) is 11.3 Å². The van der Waals surface area contributed by atoms with Crippen molar-refractivity contribution in [3.05, 3.63) is 70.0 Å². The van der Waals surface area contributed by atoms with Gasteiger partial charge in [-0.3, -0.25) is 9.69 Å². The van der Waals surface area contributed by atoms with Crippen LogP contribution in [-0.2, 0) is 16.6 Å². The minimum absolute atomic E-state index is 0.250. The number of nitrogens with one attached hydrogen (secondary N) is 2. The van der Waals surface area contributed by atoms with Crippen LogP contribution in [0.25, 0.3) is 10.6 Å². The predicted molar refractivity (Wildman–Crippen MR) is 118 cm³/mol. The standard InChI is InChI=1S/C21H24N4O3S2/c1-15-2-4-16(5-3-15)13-25-11-10-17(14-25)12-22-30(27,28)21-9-7-19(29-21)18-6-8-20(26)24-23-18/h2-9,17,22H,10-14H2,1H3,(H,24,26). The van der Waals surface area contributed by atoms with E-state index in [0.29, 0.717) is 23.0 Å². The van der Waals surface area contributed by atoms with E-state index in [1.165, 1.54) is 17.2 Å². The number of H-pyrrole nitrogens is 1. The van der Waals surface area contributed by atoms with E-state index in [4.69, 9.17) is 0 Å². The van der Waals surface area contributed by atoms with Crippen LogP contribution in [0, 0.1) is 12.8 Å². The van der Waals surface area contributed by atoms with Crippen molar-refractivity contribution in [1.29, 1.82) is 0 Å². The zero-order chi connectivity index (χ0) is 21.1. The quantitative estimate of drug-likeness (QED) is 0.584. The number of sulfonamides is 1. The van der Waals surface area contributed by atoms with Gasteiger partial charge >= 0.3 is 0 Å². The topological polar surface area (TPSA) is 95.2 Å². The highest BCUT2D eigenvalue weighted by molar-refractivity contribution is 7.91. The average Bonchev–Trinajstić information content (AvgIpc) is 3.39. The summed E-state index contributed by atoms with van der Waals surface area (Å²) in [4.78, 5) is 14.2. The van der Waals surface area contributed by atoms with Crippen molar-refractivity contribution in [3.63, 3.8) is 0 Å². The summed E-state index contributed by atoms with van der Waals surface area (Å²) in [5, 5.41) is 6.32. The molecule has 0 bridgehead atoms. The lowest BCUT2D eigenvalue weighted by Gasteiger charge is -2.16. The van der Waals surface area contributed by atoms with Crippen LogP contribution in [0.2, 0.25) is 0 Å². The maximum Gasteiger partial charge on any atom is 0.264 e. The molecule has 1 atom stereocenters. The molecule has 30 heavy (non-hydrogen) atoms. The molecule has 1 aliphatic rings. The van der Waals surface area contributed by atoms with Crippen LogP contribution < -0.4 is 10.3 Å². The molecule has 0 saturated carbocycles. The third-order valence-corrected chi connectivity index (χ3v) is 8.26. The Balaban J connectivity index is 1.33. The normalized spacial score (nSPS) is 17.4. The third-order valence-electron chi connectivity index (χ3n) is 5.24. The Morgan fingerprint density at radius 2 is 1.97 bits per heavy atom. The van der Waals surface area contributed by atoms with Gasteiger partial charge in [-0.2, -0.15) is 5.10 Å². The first-order chi connectivity index (χ1) is 14.4. The summed E-state index contributed by atoms with van der Waals surface area (Å²) in [6.45, 7) is 5.25. The van der Waals surface area contributed by atoms with E-state index in [1.54, 1.807) is 18.2 Å². The molecule has 9 heteroatoms. The van der Waals surface area contributed by atoms with Crippen LogP contribution in [0.5, 0.6) is 0 Å². The highest BCUT2D eigenvalue weighted by atomic mass is 32.2. The number of rotatable bonds is 7. The summed E-state index contributed by atoms with van der Waals surface area (Å²) in [6.07, 6.45) is 0.978. The Morgan fingerprint density at radius 3 is 2.70 bits per heavy atom. The van der Waals surface area contributed by atoms with Crippen molar-refractivity contribution in [2.45, 2.75) is 24.1 Å². The van der Waals surface area contributed by atoms with Crippen LogP contribution in [-0.4, -0.2) is 43.1 Å². The van der Waals surface area contributed by atoms with Gasteiger partial charge in [-0.25, -0.2) is 18.2 Å². The van der Waals surface area contributed by atoms with Crippen LogP contribution >= 0.6 is 11.3 Å². The fourth-order valence-corrected chi connectivity index (χ4v) is 5.99. The maximum atomic E-state index is 12.7. The van der Waals surface area contributed by atoms with Gasteiger partial charge < -0.3 is 0 Å². The Kier molecular flexibility index (Phi) is 6.14. The predicted octanol–water partition coefficient (Wildman–Crippen LogP) is 2.61. The number of nitrogens with zero attached hydrogens (tertiary/aromatic N) is 2. The molecule has 0 amide bonds. The van der Waals surface area contributed by atoms with Gasteiger partial charge in [0.05, 0.1) is 4.88 Å². The molecule has 1 saturated heterocycles. The molecular formula is C21H24N4O3S2. The van der Waals surface area contributed by atoms with Gasteiger partial charge in [-0.05, 0) is 49.6 Å². The van der Waals surface area contributed by atoms with E-state index >= 15 is 0 Å². The molecule has 3 heterocycles. The van der Waals surface area contributed by atoms with Gasteiger partial charge in [0, 0.05) is 25.7 Å². The van der Waals surface area contributed by atoms with Crippen molar-refractivity contribution < 1.29 is 8.42 Å². The van der Waals surface area contributed by atoms with Crippen molar-refractivity contribution >= 4 is 21.4 Å². The molecule has 2 aromatic heterocycles. The number of aromatic amines is 1. The number of hydrogen-bond acceptors (Lipinski definition) is 6. The van der Waals surface area contributed by atoms with Crippen LogP contribution in [0.1, 0.15) is 17.5 Å². The summed E-state index contributed by atoms with van der Waals surface area (Å²) in [5.74, 6) is 0.297. The summed E-state index contributed by atoms with van der Waals surface area (Å²) >= 11 is 1.14. The number of aryl methyl sites for hydroxylation is 1. The van der Waals surface area contributed by atoms with Crippen molar-refractivity contribution in [2.75, 3.05) is 19.6 Å². The Labute approximate surface area is 179 Å². The average molecular weight is 445 g/mol. The molecule has 1 aromatic carbocycles. The zero-order valence-electron chi connectivity index (χ0n) is 16.7. The number of hydrogen-bond donors (Lipinski definition) is 2. The van der Waals surface area contributed by atoms with Gasteiger partial charge in [-0.1, -0.05) is 29.8 Å². The van der Waals surface area contributed by atoms with E-state index in [-0.39, 0.29) is 9.77 Å². The number of likely N-dealkylation sites (tertiary alicyclic amines) is 1. The molecule has 0 aliphatic carbocycles. The molecule has 1 aliphatic heterocycles. The largest absolute Gasteiger partial charge is 0.299 e. The SMILES string of the molecule is Cc1ccc(CN2CCC(CNS(=O)(=O)c3ccc(-c4ccc(=O)[nH]n4)s3)C2)cc1. The fourth-order valence-electron chi connectivity index (χ4n) is 3.56. The van der Waals surface area contributed by atoms with Crippen LogP contribution in [0.3, 0.4) is 0 Å². The van der Waals surface area contributed by atoms with Gasteiger partial charge in [0.2, 0.25) is 10.0 Å². The number of thiophene rings is 1. The van der Waals surface area contributed by atoms with E-state index in [0.717, 1.165) is 37.4 Å². The van der Waals surface area contributed by atoms with E-state index in [1.807, 2.05) is 0 Å². The van der Waals surface area contributed by atoms with E-state index < -0.39 is 10.0 Å². The van der Waals surface area contributed by atoms with E-state index in [2.05, 4.69) is 51.0 Å². The van der Waals surface area contributed by atoms with Crippen molar-refractivity contribution in [3.8, 4) is 10.6 Å². The molecule has 1 unspecified atom stereocenters. The molecule has 4 rings (SSSR count). The first kappa shape index (κ1) is 20.9. The minimum atomic E-state index is -3.57.